The topological polar surface area (TPSA) is 29.1 Å². The van der Waals surface area contributed by atoms with Crippen LogP contribution in [-0.2, 0) is 4.79 Å². The van der Waals surface area contributed by atoms with Crippen molar-refractivity contribution in [1.29, 1.82) is 0 Å². The lowest BCUT2D eigenvalue weighted by atomic mass is 9.87. The third-order valence-corrected chi connectivity index (χ3v) is 4.63. The maximum absolute atomic E-state index is 11.9. The van der Waals surface area contributed by atoms with Crippen molar-refractivity contribution < 1.29 is 4.79 Å². The molecule has 2 rings (SSSR count). The Morgan fingerprint density at radius 2 is 1.89 bits per heavy atom. The normalized spacial score (nSPS) is 27.9. The van der Waals surface area contributed by atoms with Crippen molar-refractivity contribution in [2.75, 3.05) is 0 Å². The van der Waals surface area contributed by atoms with Crippen LogP contribution in [0.2, 0.25) is 0 Å². The van der Waals surface area contributed by atoms with E-state index in [1.165, 1.54) is 32.1 Å². The number of hydrogen-bond donors (Lipinski definition) is 1. The number of carbonyl (C=O) groups is 1. The lowest BCUT2D eigenvalue weighted by Gasteiger charge is -2.20. The number of carbonyl (C=O) groups excluding carboxylic acids is 1. The molecular formula is C16H27NO. The van der Waals surface area contributed by atoms with Gasteiger partial charge in [-0.25, -0.2) is 0 Å². The molecule has 0 heterocycles. The van der Waals surface area contributed by atoms with E-state index in [0.717, 1.165) is 24.5 Å². The number of nitrogens with one attached hydrogen (secondary N) is 1. The third-order valence-electron chi connectivity index (χ3n) is 4.63. The molecule has 0 aromatic rings. The summed E-state index contributed by atoms with van der Waals surface area (Å²) in [5, 5.41) is 3.06. The van der Waals surface area contributed by atoms with Crippen LogP contribution >= 0.6 is 0 Å². The van der Waals surface area contributed by atoms with Gasteiger partial charge in [-0.2, -0.15) is 0 Å². The largest absolute Gasteiger partial charge is 0.330 e. The predicted molar refractivity (Wildman–Crippen MR) is 75.0 cm³/mol. The second-order valence-electron chi connectivity index (χ2n) is 6.86. The number of amides is 1. The molecule has 0 bridgehead atoms. The molecule has 0 aromatic heterocycles. The minimum Gasteiger partial charge on any atom is -0.330 e. The van der Waals surface area contributed by atoms with Crippen molar-refractivity contribution in [1.82, 2.24) is 5.32 Å². The Morgan fingerprint density at radius 3 is 2.44 bits per heavy atom. The zero-order valence-electron chi connectivity index (χ0n) is 12.1. The maximum Gasteiger partial charge on any atom is 0.227 e. The number of hydrogen-bond acceptors (Lipinski definition) is 1. The number of rotatable bonds is 4. The Balaban J connectivity index is 1.73. The monoisotopic (exact) mass is 249 g/mol. The van der Waals surface area contributed by atoms with E-state index >= 15 is 0 Å². The standard InChI is InChI=1S/C16H27NO/c1-12(9-10-13-7-5-4-6-8-13)17-15(18)14-11-16(14,2)3/h9,13-14H,4-8,10-11H2,1-3H3,(H,17,18)/b12-9-. The van der Waals surface area contributed by atoms with E-state index in [9.17, 15) is 4.79 Å². The SMILES string of the molecule is C/C(=C/CC1CCCCC1)NC(=O)C1CC1(C)C. The zero-order valence-corrected chi connectivity index (χ0v) is 12.1. The second-order valence-corrected chi connectivity index (χ2v) is 6.86. The van der Waals surface area contributed by atoms with Gasteiger partial charge in [-0.15, -0.1) is 0 Å². The molecule has 2 heteroatoms. The molecule has 1 amide bonds. The molecule has 2 fully saturated rings. The average molecular weight is 249 g/mol. The van der Waals surface area contributed by atoms with E-state index in [2.05, 4.69) is 25.2 Å². The van der Waals surface area contributed by atoms with E-state index < -0.39 is 0 Å². The molecule has 0 saturated heterocycles. The molecule has 0 spiro atoms. The molecule has 2 nitrogen and oxygen atoms in total. The number of allylic oxidation sites excluding steroid dienone is 2. The van der Waals surface area contributed by atoms with E-state index in [1.807, 2.05) is 6.92 Å². The zero-order chi connectivity index (χ0) is 13.2. The van der Waals surface area contributed by atoms with Gasteiger partial charge in [0.2, 0.25) is 5.91 Å². The first kappa shape index (κ1) is 13.6. The summed E-state index contributed by atoms with van der Waals surface area (Å²) < 4.78 is 0. The van der Waals surface area contributed by atoms with E-state index in [-0.39, 0.29) is 17.2 Å². The van der Waals surface area contributed by atoms with Crippen molar-refractivity contribution in [2.24, 2.45) is 17.3 Å². The molecule has 0 aliphatic heterocycles. The van der Waals surface area contributed by atoms with Gasteiger partial charge in [-0.05, 0) is 31.1 Å². The second kappa shape index (κ2) is 5.46. The Hall–Kier alpha value is -0.790. The van der Waals surface area contributed by atoms with Crippen LogP contribution in [0.3, 0.4) is 0 Å². The van der Waals surface area contributed by atoms with E-state index in [4.69, 9.17) is 0 Å². The van der Waals surface area contributed by atoms with Crippen molar-refractivity contribution in [3.63, 3.8) is 0 Å². The van der Waals surface area contributed by atoms with Gasteiger partial charge in [0, 0.05) is 11.6 Å². The molecule has 0 radical (unpaired) electrons. The van der Waals surface area contributed by atoms with Gasteiger partial charge < -0.3 is 5.32 Å². The first-order chi connectivity index (χ1) is 8.49. The highest BCUT2D eigenvalue weighted by Crippen LogP contribution is 2.51. The van der Waals surface area contributed by atoms with E-state index in [1.54, 1.807) is 0 Å². The molecule has 2 aliphatic rings. The summed E-state index contributed by atoms with van der Waals surface area (Å²) in [6.45, 7) is 6.35. The molecule has 102 valence electrons. The van der Waals surface area contributed by atoms with Crippen LogP contribution in [0.25, 0.3) is 0 Å². The van der Waals surface area contributed by atoms with E-state index in [0.29, 0.717) is 0 Å². The lowest BCUT2D eigenvalue weighted by molar-refractivity contribution is -0.122. The summed E-state index contributed by atoms with van der Waals surface area (Å²) in [5.74, 6) is 1.30. The Labute approximate surface area is 111 Å². The van der Waals surface area contributed by atoms with Gasteiger partial charge in [0.25, 0.3) is 0 Å². The van der Waals surface area contributed by atoms with Gasteiger partial charge in [-0.1, -0.05) is 52.0 Å². The average Bonchev–Trinajstić information content (AvgIpc) is 2.97. The molecule has 1 N–H and O–H groups in total. The summed E-state index contributed by atoms with van der Waals surface area (Å²) in [4.78, 5) is 11.9. The summed E-state index contributed by atoms with van der Waals surface area (Å²) in [5.41, 5.74) is 1.28. The first-order valence-corrected chi connectivity index (χ1v) is 7.46. The Kier molecular flexibility index (Phi) is 4.14. The van der Waals surface area contributed by atoms with Crippen LogP contribution in [0.5, 0.6) is 0 Å². The molecule has 18 heavy (non-hydrogen) atoms. The lowest BCUT2D eigenvalue weighted by Crippen LogP contribution is -2.25. The molecule has 2 saturated carbocycles. The van der Waals surface area contributed by atoms with Crippen LogP contribution in [0.4, 0.5) is 0 Å². The molecule has 1 unspecified atom stereocenters. The summed E-state index contributed by atoms with van der Waals surface area (Å²) in [6.07, 6.45) is 11.3. The fourth-order valence-corrected chi connectivity index (χ4v) is 3.01. The van der Waals surface area contributed by atoms with Crippen LogP contribution in [-0.4, -0.2) is 5.91 Å². The van der Waals surface area contributed by atoms with Gasteiger partial charge in [-0.3, -0.25) is 4.79 Å². The van der Waals surface area contributed by atoms with Crippen LogP contribution in [0, 0.1) is 17.3 Å². The minimum absolute atomic E-state index is 0.220. The smallest absolute Gasteiger partial charge is 0.227 e. The van der Waals surface area contributed by atoms with Crippen LogP contribution in [0.15, 0.2) is 11.8 Å². The molecule has 1 atom stereocenters. The van der Waals surface area contributed by atoms with Crippen LogP contribution < -0.4 is 5.32 Å². The summed E-state index contributed by atoms with van der Waals surface area (Å²) in [7, 11) is 0. The van der Waals surface area contributed by atoms with Crippen LogP contribution in [0.1, 0.15) is 65.7 Å². The minimum atomic E-state index is 0.220. The van der Waals surface area contributed by atoms with Gasteiger partial charge in [0.05, 0.1) is 0 Å². The van der Waals surface area contributed by atoms with Crippen molar-refractivity contribution in [3.8, 4) is 0 Å². The quantitative estimate of drug-likeness (QED) is 0.801. The highest BCUT2D eigenvalue weighted by Gasteiger charge is 2.50. The first-order valence-electron chi connectivity index (χ1n) is 7.46. The Morgan fingerprint density at radius 1 is 1.28 bits per heavy atom. The highest BCUT2D eigenvalue weighted by atomic mass is 16.2. The highest BCUT2D eigenvalue weighted by molar-refractivity contribution is 5.83. The van der Waals surface area contributed by atoms with Crippen molar-refractivity contribution in [2.45, 2.75) is 65.7 Å². The third kappa shape index (κ3) is 3.60. The molecular weight excluding hydrogens is 222 g/mol. The summed E-state index contributed by atoms with van der Waals surface area (Å²) in [6, 6.07) is 0. The Bertz CT molecular complexity index is 337. The fourth-order valence-electron chi connectivity index (χ4n) is 3.01. The molecule has 2 aliphatic carbocycles. The van der Waals surface area contributed by atoms with Crippen molar-refractivity contribution in [3.05, 3.63) is 11.8 Å². The predicted octanol–water partition coefficient (Wildman–Crippen LogP) is 4.02. The molecule has 0 aromatic carbocycles. The van der Waals surface area contributed by atoms with Gasteiger partial charge >= 0.3 is 0 Å². The summed E-state index contributed by atoms with van der Waals surface area (Å²) >= 11 is 0. The fraction of sp³-hybridized carbons (Fsp3) is 0.812. The van der Waals surface area contributed by atoms with Crippen molar-refractivity contribution >= 4 is 5.91 Å². The maximum atomic E-state index is 11.9. The van der Waals surface area contributed by atoms with Gasteiger partial charge in [0.1, 0.15) is 0 Å². The van der Waals surface area contributed by atoms with Gasteiger partial charge in [0.15, 0.2) is 0 Å².